The number of hydrogen-bond donors (Lipinski definition) is 0. The molecule has 0 bridgehead atoms. The molecule has 0 amide bonds. The van der Waals surface area contributed by atoms with Crippen LogP contribution in [-0.2, 0) is 19.1 Å². The first kappa shape index (κ1) is 18.7. The Labute approximate surface area is 122 Å². The number of carbonyl (C=O) groups is 2. The van der Waals surface area contributed by atoms with E-state index in [9.17, 15) is 9.59 Å². The highest BCUT2D eigenvalue weighted by Gasteiger charge is 2.22. The topological polar surface area (TPSA) is 52.6 Å². The molecule has 0 rings (SSSR count). The molecule has 0 saturated carbocycles. The van der Waals surface area contributed by atoms with E-state index in [0.29, 0.717) is 0 Å². The van der Waals surface area contributed by atoms with Crippen LogP contribution in [0.15, 0.2) is 11.6 Å². The summed E-state index contributed by atoms with van der Waals surface area (Å²) in [5.74, 6) is -0.743. The number of unbranched alkanes of at least 4 members (excludes halogenated alkanes) is 4. The van der Waals surface area contributed by atoms with Crippen molar-refractivity contribution in [2.24, 2.45) is 5.92 Å². The van der Waals surface area contributed by atoms with Crippen molar-refractivity contribution < 1.29 is 19.1 Å². The number of carbonyl (C=O) groups excluding carboxylic acids is 2. The quantitative estimate of drug-likeness (QED) is 0.278. The van der Waals surface area contributed by atoms with E-state index in [4.69, 9.17) is 9.47 Å². The lowest BCUT2D eigenvalue weighted by Crippen LogP contribution is -2.27. The van der Waals surface area contributed by atoms with Crippen LogP contribution in [0.25, 0.3) is 0 Å². The SMILES string of the molecule is CCCCCCC=C(C(C)C)C(OC(C)=O)OC(C)=O. The van der Waals surface area contributed by atoms with Crippen molar-refractivity contribution >= 4 is 11.9 Å². The number of allylic oxidation sites excluding steroid dienone is 1. The van der Waals surface area contributed by atoms with Crippen molar-refractivity contribution in [3.63, 3.8) is 0 Å². The van der Waals surface area contributed by atoms with E-state index in [1.165, 1.54) is 33.1 Å². The Morgan fingerprint density at radius 3 is 1.95 bits per heavy atom. The van der Waals surface area contributed by atoms with Gasteiger partial charge in [-0.1, -0.05) is 46.1 Å². The van der Waals surface area contributed by atoms with E-state index in [1.54, 1.807) is 0 Å². The van der Waals surface area contributed by atoms with Crippen LogP contribution in [0, 0.1) is 5.92 Å². The molecule has 0 aliphatic rings. The lowest BCUT2D eigenvalue weighted by atomic mass is 10.00. The average Bonchev–Trinajstić information content (AvgIpc) is 2.31. The number of rotatable bonds is 9. The van der Waals surface area contributed by atoms with Gasteiger partial charge in [0.2, 0.25) is 0 Å². The summed E-state index contributed by atoms with van der Waals surface area (Å²) in [6.07, 6.45) is 6.76. The summed E-state index contributed by atoms with van der Waals surface area (Å²) in [4.78, 5) is 22.3. The van der Waals surface area contributed by atoms with Crippen molar-refractivity contribution in [2.45, 2.75) is 73.0 Å². The van der Waals surface area contributed by atoms with Gasteiger partial charge in [-0.05, 0) is 18.8 Å². The minimum Gasteiger partial charge on any atom is -0.421 e. The van der Waals surface area contributed by atoms with Crippen LogP contribution >= 0.6 is 0 Å². The molecule has 4 heteroatoms. The number of hydrogen-bond acceptors (Lipinski definition) is 4. The molecule has 0 fully saturated rings. The largest absolute Gasteiger partial charge is 0.421 e. The van der Waals surface area contributed by atoms with Crippen LogP contribution in [0.2, 0.25) is 0 Å². The number of ether oxygens (including phenoxy) is 2. The highest BCUT2D eigenvalue weighted by atomic mass is 16.7. The van der Waals surface area contributed by atoms with Gasteiger partial charge in [-0.15, -0.1) is 0 Å². The average molecular weight is 284 g/mol. The summed E-state index contributed by atoms with van der Waals surface area (Å²) >= 11 is 0. The monoisotopic (exact) mass is 284 g/mol. The molecular weight excluding hydrogens is 256 g/mol. The third kappa shape index (κ3) is 8.73. The molecule has 0 unspecified atom stereocenters. The molecule has 0 aromatic rings. The van der Waals surface area contributed by atoms with E-state index >= 15 is 0 Å². The summed E-state index contributed by atoms with van der Waals surface area (Å²) in [5.41, 5.74) is 0.854. The molecule has 0 heterocycles. The Balaban J connectivity index is 4.73. The van der Waals surface area contributed by atoms with Crippen molar-refractivity contribution in [3.8, 4) is 0 Å². The molecular formula is C16H28O4. The molecule has 0 aromatic heterocycles. The van der Waals surface area contributed by atoms with Gasteiger partial charge in [0.1, 0.15) is 0 Å². The van der Waals surface area contributed by atoms with Crippen LogP contribution in [0.4, 0.5) is 0 Å². The second-order valence-electron chi connectivity index (χ2n) is 5.26. The summed E-state index contributed by atoms with van der Waals surface area (Å²) in [6, 6.07) is 0. The van der Waals surface area contributed by atoms with E-state index in [2.05, 4.69) is 6.92 Å². The fourth-order valence-electron chi connectivity index (χ4n) is 1.91. The Hall–Kier alpha value is -1.32. The predicted octanol–water partition coefficient (Wildman–Crippen LogP) is 3.99. The molecule has 4 nitrogen and oxygen atoms in total. The minimum atomic E-state index is -0.892. The lowest BCUT2D eigenvalue weighted by Gasteiger charge is -2.22. The maximum absolute atomic E-state index is 11.1. The Bertz CT molecular complexity index is 315. The molecule has 0 spiro atoms. The predicted molar refractivity (Wildman–Crippen MR) is 79.0 cm³/mol. The van der Waals surface area contributed by atoms with Crippen molar-refractivity contribution in [3.05, 3.63) is 11.6 Å². The first-order chi connectivity index (χ1) is 9.38. The highest BCUT2D eigenvalue weighted by Crippen LogP contribution is 2.20. The first-order valence-electron chi connectivity index (χ1n) is 7.42. The zero-order valence-electron chi connectivity index (χ0n) is 13.4. The van der Waals surface area contributed by atoms with E-state index in [0.717, 1.165) is 18.4 Å². The third-order valence-electron chi connectivity index (χ3n) is 2.92. The van der Waals surface area contributed by atoms with Gasteiger partial charge < -0.3 is 9.47 Å². The molecule has 20 heavy (non-hydrogen) atoms. The van der Waals surface area contributed by atoms with Gasteiger partial charge in [0.05, 0.1) is 0 Å². The summed E-state index contributed by atoms with van der Waals surface area (Å²) in [6.45, 7) is 8.80. The molecule has 116 valence electrons. The van der Waals surface area contributed by atoms with E-state index in [-0.39, 0.29) is 5.92 Å². The Morgan fingerprint density at radius 1 is 1.00 bits per heavy atom. The molecule has 0 N–H and O–H groups in total. The van der Waals surface area contributed by atoms with Gasteiger partial charge in [0.15, 0.2) is 0 Å². The highest BCUT2D eigenvalue weighted by molar-refractivity contribution is 5.68. The summed E-state index contributed by atoms with van der Waals surface area (Å²) in [7, 11) is 0. The van der Waals surface area contributed by atoms with Gasteiger partial charge in [-0.2, -0.15) is 0 Å². The van der Waals surface area contributed by atoms with Gasteiger partial charge >= 0.3 is 11.9 Å². The standard InChI is InChI=1S/C16H28O4/c1-6-7-8-9-10-11-15(12(2)3)16(19-13(4)17)20-14(5)18/h11-12,16H,6-10H2,1-5H3. The van der Waals surface area contributed by atoms with Crippen molar-refractivity contribution in [1.82, 2.24) is 0 Å². The zero-order valence-corrected chi connectivity index (χ0v) is 13.4. The van der Waals surface area contributed by atoms with Gasteiger partial charge in [-0.25, -0.2) is 0 Å². The molecule has 0 aliphatic heterocycles. The first-order valence-corrected chi connectivity index (χ1v) is 7.42. The van der Waals surface area contributed by atoms with Crippen LogP contribution in [0.3, 0.4) is 0 Å². The Kier molecular flexibility index (Phi) is 9.77. The molecule has 0 atom stereocenters. The zero-order chi connectivity index (χ0) is 15.5. The fraction of sp³-hybridized carbons (Fsp3) is 0.750. The molecule has 0 radical (unpaired) electrons. The molecule has 0 aromatic carbocycles. The summed E-state index contributed by atoms with van der Waals surface area (Å²) < 4.78 is 10.2. The maximum Gasteiger partial charge on any atom is 0.305 e. The van der Waals surface area contributed by atoms with Gasteiger partial charge in [-0.3, -0.25) is 9.59 Å². The van der Waals surface area contributed by atoms with E-state index < -0.39 is 18.2 Å². The molecule has 0 saturated heterocycles. The minimum absolute atomic E-state index is 0.157. The third-order valence-corrected chi connectivity index (χ3v) is 2.92. The van der Waals surface area contributed by atoms with Crippen molar-refractivity contribution in [1.29, 1.82) is 0 Å². The second-order valence-corrected chi connectivity index (χ2v) is 5.26. The molecule has 0 aliphatic carbocycles. The van der Waals surface area contributed by atoms with Crippen LogP contribution in [0.1, 0.15) is 66.7 Å². The van der Waals surface area contributed by atoms with Crippen molar-refractivity contribution in [2.75, 3.05) is 0 Å². The fourth-order valence-corrected chi connectivity index (χ4v) is 1.91. The Morgan fingerprint density at radius 2 is 1.55 bits per heavy atom. The smallest absolute Gasteiger partial charge is 0.305 e. The number of esters is 2. The van der Waals surface area contributed by atoms with Crippen LogP contribution in [-0.4, -0.2) is 18.2 Å². The maximum atomic E-state index is 11.1. The van der Waals surface area contributed by atoms with E-state index in [1.807, 2.05) is 19.9 Å². The van der Waals surface area contributed by atoms with Gasteiger partial charge in [0, 0.05) is 19.4 Å². The van der Waals surface area contributed by atoms with Gasteiger partial charge in [0.25, 0.3) is 6.29 Å². The lowest BCUT2D eigenvalue weighted by molar-refractivity contribution is -0.178. The summed E-state index contributed by atoms with van der Waals surface area (Å²) in [5, 5.41) is 0. The normalized spacial score (nSPS) is 11.8. The van der Waals surface area contributed by atoms with Crippen LogP contribution in [0.5, 0.6) is 0 Å². The second kappa shape index (κ2) is 10.5. The van der Waals surface area contributed by atoms with Crippen LogP contribution < -0.4 is 0 Å².